The Balaban J connectivity index is 2.82. The summed E-state index contributed by atoms with van der Waals surface area (Å²) in [6.07, 6.45) is 0. The van der Waals surface area contributed by atoms with Crippen LogP contribution in [0.15, 0.2) is 22.7 Å². The second-order valence-corrected chi connectivity index (χ2v) is 6.96. The van der Waals surface area contributed by atoms with Crippen molar-refractivity contribution in [3.63, 3.8) is 0 Å². The maximum absolute atomic E-state index is 12.4. The number of amides is 1. The summed E-state index contributed by atoms with van der Waals surface area (Å²) in [6.45, 7) is 6.70. The van der Waals surface area contributed by atoms with E-state index in [1.807, 2.05) is 26.8 Å². The maximum Gasteiger partial charge on any atom is 0.261 e. The molecule has 1 amide bonds. The summed E-state index contributed by atoms with van der Waals surface area (Å²) >= 11 is 8.50. The van der Waals surface area contributed by atoms with Crippen LogP contribution in [0, 0.1) is 0 Å². The average Bonchev–Trinajstić information content (AvgIpc) is 2.38. The van der Waals surface area contributed by atoms with Crippen molar-refractivity contribution in [2.45, 2.75) is 26.3 Å². The molecule has 1 aromatic rings. The van der Waals surface area contributed by atoms with E-state index in [1.165, 1.54) is 0 Å². The molecule has 0 aliphatic carbocycles. The highest BCUT2D eigenvalue weighted by Crippen LogP contribution is 2.23. The van der Waals surface area contributed by atoms with E-state index in [-0.39, 0.29) is 16.6 Å². The van der Waals surface area contributed by atoms with Gasteiger partial charge in [-0.3, -0.25) is 10.1 Å². The monoisotopic (exact) mass is 388 g/mol. The smallest absolute Gasteiger partial charge is 0.261 e. The Morgan fingerprint density at radius 2 is 2.00 bits per heavy atom. The van der Waals surface area contributed by atoms with E-state index in [9.17, 15) is 4.79 Å². The van der Waals surface area contributed by atoms with Crippen LogP contribution in [0.3, 0.4) is 0 Å². The summed E-state index contributed by atoms with van der Waals surface area (Å²) in [7, 11) is 1.59. The second-order valence-electron chi connectivity index (χ2n) is 5.64. The molecule has 0 aliphatic heterocycles. The molecule has 1 rings (SSSR count). The normalized spacial score (nSPS) is 11.0. The molecule has 0 spiro atoms. The third-order valence-electron chi connectivity index (χ3n) is 2.45. The Morgan fingerprint density at radius 3 is 2.59 bits per heavy atom. The molecule has 2 N–H and O–H groups in total. The lowest BCUT2D eigenvalue weighted by Crippen LogP contribution is -2.48. The summed E-state index contributed by atoms with van der Waals surface area (Å²) in [6, 6.07) is 5.23. The van der Waals surface area contributed by atoms with Gasteiger partial charge >= 0.3 is 0 Å². The van der Waals surface area contributed by atoms with Gasteiger partial charge in [0.1, 0.15) is 12.4 Å². The first-order valence-electron chi connectivity index (χ1n) is 6.77. The third kappa shape index (κ3) is 6.72. The first-order valence-corrected chi connectivity index (χ1v) is 7.98. The fraction of sp³-hybridized carbons (Fsp3) is 0.467. The van der Waals surface area contributed by atoms with E-state index in [4.69, 9.17) is 21.7 Å². The zero-order chi connectivity index (χ0) is 16.8. The molecule has 1 aromatic carbocycles. The van der Waals surface area contributed by atoms with Crippen molar-refractivity contribution in [2.24, 2.45) is 0 Å². The number of carbonyl (C=O) groups is 1. The third-order valence-corrected chi connectivity index (χ3v) is 3.14. The Kier molecular flexibility index (Phi) is 7.25. The van der Waals surface area contributed by atoms with Gasteiger partial charge in [0.15, 0.2) is 5.11 Å². The predicted molar refractivity (Wildman–Crippen MR) is 94.5 cm³/mol. The largest absolute Gasteiger partial charge is 0.490 e. The molecule has 7 heteroatoms. The lowest BCUT2D eigenvalue weighted by atomic mass is 10.1. The minimum Gasteiger partial charge on any atom is -0.490 e. The van der Waals surface area contributed by atoms with Crippen LogP contribution < -0.4 is 15.4 Å². The highest BCUT2D eigenvalue weighted by Gasteiger charge is 2.17. The van der Waals surface area contributed by atoms with Crippen LogP contribution in [-0.2, 0) is 4.74 Å². The van der Waals surface area contributed by atoms with Crippen LogP contribution in [0.25, 0.3) is 0 Å². The van der Waals surface area contributed by atoms with Crippen LogP contribution >= 0.6 is 28.1 Å². The van der Waals surface area contributed by atoms with Crippen LogP contribution in [-0.4, -0.2) is 36.9 Å². The molecule has 0 saturated heterocycles. The van der Waals surface area contributed by atoms with Crippen molar-refractivity contribution in [1.29, 1.82) is 0 Å². The molecule has 5 nitrogen and oxygen atoms in total. The standard InChI is InChI=1S/C15H21BrN2O3S/c1-15(2,3)18-14(22)17-13(19)11-9-10(16)5-6-12(11)21-8-7-20-4/h5-6,9H,7-8H2,1-4H3,(H2,17,18,19,22). The van der Waals surface area contributed by atoms with Crippen LogP contribution in [0.2, 0.25) is 0 Å². The van der Waals surface area contributed by atoms with Gasteiger partial charge < -0.3 is 14.8 Å². The molecule has 0 fully saturated rings. The van der Waals surface area contributed by atoms with Crippen LogP contribution in [0.1, 0.15) is 31.1 Å². The van der Waals surface area contributed by atoms with Gasteiger partial charge in [-0.2, -0.15) is 0 Å². The zero-order valence-corrected chi connectivity index (χ0v) is 15.6. The summed E-state index contributed by atoms with van der Waals surface area (Å²) in [5, 5.41) is 5.97. The minimum atomic E-state index is -0.324. The first kappa shape index (κ1) is 18.9. The van der Waals surface area contributed by atoms with Crippen molar-refractivity contribution in [2.75, 3.05) is 20.3 Å². The number of hydrogen-bond acceptors (Lipinski definition) is 4. The number of methoxy groups -OCH3 is 1. The van der Waals surface area contributed by atoms with Gasteiger partial charge in [-0.1, -0.05) is 15.9 Å². The SMILES string of the molecule is COCCOc1ccc(Br)cc1C(=O)NC(=S)NC(C)(C)C. The van der Waals surface area contributed by atoms with Crippen LogP contribution in [0.5, 0.6) is 5.75 Å². The average molecular weight is 389 g/mol. The van der Waals surface area contributed by atoms with Crippen molar-refractivity contribution in [3.05, 3.63) is 28.2 Å². The summed E-state index contributed by atoms with van der Waals surface area (Å²) in [4.78, 5) is 12.4. The highest BCUT2D eigenvalue weighted by molar-refractivity contribution is 9.10. The molecule has 0 atom stereocenters. The van der Waals surface area contributed by atoms with Crippen molar-refractivity contribution in [1.82, 2.24) is 10.6 Å². The quantitative estimate of drug-likeness (QED) is 0.599. The van der Waals surface area contributed by atoms with Crippen molar-refractivity contribution in [3.8, 4) is 5.75 Å². The predicted octanol–water partition coefficient (Wildman–Crippen LogP) is 2.88. The molecule has 22 heavy (non-hydrogen) atoms. The number of thiocarbonyl (C=S) groups is 1. The van der Waals surface area contributed by atoms with Gasteiger partial charge in [-0.25, -0.2) is 0 Å². The fourth-order valence-electron chi connectivity index (χ4n) is 1.58. The van der Waals surface area contributed by atoms with Crippen molar-refractivity contribution < 1.29 is 14.3 Å². The molecular weight excluding hydrogens is 368 g/mol. The minimum absolute atomic E-state index is 0.223. The number of ether oxygens (including phenoxy) is 2. The zero-order valence-electron chi connectivity index (χ0n) is 13.2. The summed E-state index contributed by atoms with van der Waals surface area (Å²) in [5.74, 6) is 0.159. The number of halogens is 1. The van der Waals surface area contributed by atoms with Gasteiger partial charge in [-0.05, 0) is 51.2 Å². The van der Waals surface area contributed by atoms with E-state index < -0.39 is 0 Å². The van der Waals surface area contributed by atoms with Gasteiger partial charge in [0.05, 0.1) is 12.2 Å². The highest BCUT2D eigenvalue weighted by atomic mass is 79.9. The second kappa shape index (κ2) is 8.45. The van der Waals surface area contributed by atoms with E-state index in [1.54, 1.807) is 19.2 Å². The first-order chi connectivity index (χ1) is 10.2. The van der Waals surface area contributed by atoms with Gasteiger partial charge in [-0.15, -0.1) is 0 Å². The number of nitrogens with one attached hydrogen (secondary N) is 2. The maximum atomic E-state index is 12.4. The molecule has 122 valence electrons. The summed E-state index contributed by atoms with van der Waals surface area (Å²) < 4.78 is 11.3. The molecule has 0 bridgehead atoms. The Hall–Kier alpha value is -1.18. The molecular formula is C15H21BrN2O3S. The topological polar surface area (TPSA) is 59.6 Å². The van der Waals surface area contributed by atoms with E-state index in [0.717, 1.165) is 4.47 Å². The number of rotatable bonds is 5. The van der Waals surface area contributed by atoms with Gasteiger partial charge in [0.2, 0.25) is 0 Å². The van der Waals surface area contributed by atoms with Crippen molar-refractivity contribution >= 4 is 39.2 Å². The van der Waals surface area contributed by atoms with Gasteiger partial charge in [0.25, 0.3) is 5.91 Å². The number of hydrogen-bond donors (Lipinski definition) is 2. The van der Waals surface area contributed by atoms with Crippen LogP contribution in [0.4, 0.5) is 0 Å². The lowest BCUT2D eigenvalue weighted by molar-refractivity contribution is 0.0968. The molecule has 0 radical (unpaired) electrons. The lowest BCUT2D eigenvalue weighted by Gasteiger charge is -2.22. The van der Waals surface area contributed by atoms with E-state index in [0.29, 0.717) is 24.5 Å². The molecule has 0 aromatic heterocycles. The number of carbonyl (C=O) groups excluding carboxylic acids is 1. The van der Waals surface area contributed by atoms with Gasteiger partial charge in [0, 0.05) is 17.1 Å². The molecule has 0 aliphatic rings. The van der Waals surface area contributed by atoms with E-state index in [2.05, 4.69) is 26.6 Å². The molecule has 0 heterocycles. The fourth-order valence-corrected chi connectivity index (χ4v) is 2.34. The Bertz CT molecular complexity index is 544. The summed E-state index contributed by atoms with van der Waals surface area (Å²) in [5.41, 5.74) is 0.183. The van der Waals surface area contributed by atoms with E-state index >= 15 is 0 Å². The molecule has 0 saturated carbocycles. The molecule has 0 unspecified atom stereocenters. The number of benzene rings is 1. The Labute approximate surface area is 144 Å². The Morgan fingerprint density at radius 1 is 1.32 bits per heavy atom.